The molecule has 0 fully saturated rings. The van der Waals surface area contributed by atoms with Crippen LogP contribution in [0.15, 0.2) is 49.1 Å². The first-order valence-corrected chi connectivity index (χ1v) is 7.66. The molecule has 0 aliphatic heterocycles. The Morgan fingerprint density at radius 3 is 2.50 bits per heavy atom. The zero-order valence-electron chi connectivity index (χ0n) is 14.4. The van der Waals surface area contributed by atoms with E-state index in [9.17, 15) is 18.0 Å². The van der Waals surface area contributed by atoms with Gasteiger partial charge in [-0.25, -0.2) is 9.78 Å². The lowest BCUT2D eigenvalue weighted by atomic mass is 10.1. The smallest absolute Gasteiger partial charge is 0.475 e. The van der Waals surface area contributed by atoms with Gasteiger partial charge in [0, 0.05) is 11.8 Å². The number of carbonyl (C=O) groups is 2. The first-order chi connectivity index (χ1) is 13.2. The lowest BCUT2D eigenvalue weighted by molar-refractivity contribution is -0.192. The average Bonchev–Trinajstić information content (AvgIpc) is 3.30. The van der Waals surface area contributed by atoms with Gasteiger partial charge in [0.1, 0.15) is 12.6 Å². The predicted octanol–water partition coefficient (Wildman–Crippen LogP) is 3.05. The number of rotatable bonds is 1. The molecule has 4 rings (SSSR count). The summed E-state index contributed by atoms with van der Waals surface area (Å²) in [6.07, 6.45) is 0.992. The fraction of sp³-hybridized carbons (Fsp3) is 0.118. The molecule has 8 nitrogen and oxygen atoms in total. The summed E-state index contributed by atoms with van der Waals surface area (Å²) < 4.78 is 33.6. The summed E-state index contributed by atoms with van der Waals surface area (Å²) in [5, 5.41) is 14.8. The van der Waals surface area contributed by atoms with Crippen molar-refractivity contribution in [2.75, 3.05) is 0 Å². The highest BCUT2D eigenvalue weighted by atomic mass is 19.4. The molecular weight excluding hydrogens is 379 g/mol. The first kappa shape index (κ1) is 20.6. The number of carbonyl (C=O) groups excluding carboxylic acids is 1. The number of nitrogens with one attached hydrogen (secondary N) is 1. The minimum Gasteiger partial charge on any atom is -0.475 e. The number of aliphatic carboxylic acids is 1. The van der Waals surface area contributed by atoms with Crippen molar-refractivity contribution in [3.05, 3.63) is 60.2 Å². The maximum atomic E-state index is 10.6. The molecule has 1 aromatic carbocycles. The van der Waals surface area contributed by atoms with E-state index in [-0.39, 0.29) is 0 Å². The molecule has 11 heteroatoms. The Morgan fingerprint density at radius 2 is 1.93 bits per heavy atom. The van der Waals surface area contributed by atoms with Crippen LogP contribution in [-0.4, -0.2) is 48.1 Å². The van der Waals surface area contributed by atoms with Crippen molar-refractivity contribution in [3.8, 4) is 0 Å². The molecule has 0 aliphatic rings. The van der Waals surface area contributed by atoms with E-state index >= 15 is 0 Å². The molecule has 0 atom stereocenters. The van der Waals surface area contributed by atoms with E-state index < -0.39 is 12.1 Å². The summed E-state index contributed by atoms with van der Waals surface area (Å²) in [5.41, 5.74) is 4.42. The summed E-state index contributed by atoms with van der Waals surface area (Å²) in [6.45, 7) is 1.92. The van der Waals surface area contributed by atoms with E-state index in [1.807, 2.05) is 47.9 Å². The molecule has 0 spiro atoms. The third kappa shape index (κ3) is 5.13. The molecule has 3 heterocycles. The second-order valence-electron chi connectivity index (χ2n) is 5.31. The van der Waals surface area contributed by atoms with Crippen molar-refractivity contribution in [1.82, 2.24) is 24.6 Å². The van der Waals surface area contributed by atoms with Crippen LogP contribution >= 0.6 is 0 Å². The number of H-pyrrole nitrogens is 1. The minimum absolute atomic E-state index is 0.766. The predicted molar refractivity (Wildman–Crippen MR) is 92.9 cm³/mol. The van der Waals surface area contributed by atoms with Gasteiger partial charge in [-0.05, 0) is 18.6 Å². The van der Waals surface area contributed by atoms with Crippen LogP contribution in [0.3, 0.4) is 0 Å². The monoisotopic (exact) mass is 393 g/mol. The summed E-state index contributed by atoms with van der Waals surface area (Å²) >= 11 is 0. The van der Waals surface area contributed by atoms with Crippen molar-refractivity contribution in [3.63, 3.8) is 0 Å². The van der Waals surface area contributed by atoms with Crippen LogP contribution in [-0.2, 0) is 4.79 Å². The molecule has 146 valence electrons. The van der Waals surface area contributed by atoms with Crippen LogP contribution in [0.5, 0.6) is 0 Å². The number of hydrogen-bond acceptors (Lipinski definition) is 5. The lowest BCUT2D eigenvalue weighted by Crippen LogP contribution is -2.21. The Bertz CT molecular complexity index is 1040. The van der Waals surface area contributed by atoms with Gasteiger partial charge in [-0.15, -0.1) is 10.2 Å². The van der Waals surface area contributed by atoms with Gasteiger partial charge in [0.25, 0.3) is 0 Å². The van der Waals surface area contributed by atoms with Crippen LogP contribution in [0, 0.1) is 6.92 Å². The number of aryl methyl sites for hydroxylation is 1. The van der Waals surface area contributed by atoms with Gasteiger partial charge in [-0.1, -0.05) is 24.3 Å². The maximum absolute atomic E-state index is 10.6. The van der Waals surface area contributed by atoms with Crippen LogP contribution in [0.2, 0.25) is 0 Å². The average molecular weight is 393 g/mol. The molecule has 2 N–H and O–H groups in total. The van der Waals surface area contributed by atoms with Gasteiger partial charge < -0.3 is 10.1 Å². The molecule has 3 aromatic heterocycles. The normalized spacial score (nSPS) is 10.6. The highest BCUT2D eigenvalue weighted by molar-refractivity contribution is 5.76. The van der Waals surface area contributed by atoms with Crippen LogP contribution < -0.4 is 0 Å². The van der Waals surface area contributed by atoms with E-state index in [4.69, 9.17) is 9.90 Å². The Morgan fingerprint density at radius 1 is 1.25 bits per heavy atom. The summed E-state index contributed by atoms with van der Waals surface area (Å²) in [6, 6.07) is 9.45. The molecule has 0 bridgehead atoms. The van der Waals surface area contributed by atoms with Crippen molar-refractivity contribution < 1.29 is 27.9 Å². The second-order valence-corrected chi connectivity index (χ2v) is 5.31. The van der Waals surface area contributed by atoms with E-state index in [0.29, 0.717) is 0 Å². The number of aromatic nitrogens is 5. The molecule has 28 heavy (non-hydrogen) atoms. The number of carboxylic acids is 1. The van der Waals surface area contributed by atoms with Crippen LogP contribution in [0.25, 0.3) is 16.8 Å². The summed E-state index contributed by atoms with van der Waals surface area (Å²) in [5.74, 6) is -2.76. The largest absolute Gasteiger partial charge is 0.490 e. The van der Waals surface area contributed by atoms with Crippen molar-refractivity contribution in [2.45, 2.75) is 13.1 Å². The number of alkyl halides is 3. The van der Waals surface area contributed by atoms with Crippen molar-refractivity contribution >= 4 is 29.1 Å². The van der Waals surface area contributed by atoms with Gasteiger partial charge in [-0.2, -0.15) is 13.2 Å². The quantitative estimate of drug-likeness (QED) is 0.481. The fourth-order valence-corrected chi connectivity index (χ4v) is 2.01. The highest BCUT2D eigenvalue weighted by Gasteiger charge is 2.38. The molecule has 0 amide bonds. The third-order valence-corrected chi connectivity index (χ3v) is 3.40. The lowest BCUT2D eigenvalue weighted by Gasteiger charge is -1.93. The molecule has 4 aromatic rings. The topological polar surface area (TPSA) is 113 Å². The number of aromatic amines is 1. The van der Waals surface area contributed by atoms with E-state index in [1.165, 1.54) is 0 Å². The Labute approximate surface area is 155 Å². The molecular formula is C17H14F3N5O3. The van der Waals surface area contributed by atoms with Crippen molar-refractivity contribution in [1.29, 1.82) is 0 Å². The number of halogens is 3. The van der Waals surface area contributed by atoms with E-state index in [1.54, 1.807) is 12.5 Å². The standard InChI is InChI=1S/C8H8O.C7H5N5.C2HF3O2/c1-7-4-2-3-5-8(7)6-9;1-2-8-7-5(1)12-4-10-11-6(12)3-9-7;3-2(4,5)1(6)7/h2-6H,1H3;1-4,8H;(H,6,7). The number of fused-ring (bicyclic) bond motifs is 3. The van der Waals surface area contributed by atoms with Gasteiger partial charge in [0.15, 0.2) is 11.3 Å². The number of benzene rings is 1. The highest BCUT2D eigenvalue weighted by Crippen LogP contribution is 2.13. The molecule has 0 aliphatic carbocycles. The molecule has 0 radical (unpaired) electrons. The number of nitrogens with zero attached hydrogens (tertiary/aromatic N) is 4. The second kappa shape index (κ2) is 8.75. The molecule has 0 unspecified atom stereocenters. The number of carboxylic acid groups (broad SMARTS) is 1. The zero-order valence-corrected chi connectivity index (χ0v) is 14.4. The van der Waals surface area contributed by atoms with E-state index in [2.05, 4.69) is 20.2 Å². The SMILES string of the molecule is Cc1ccccc1C=O.O=C(O)C(F)(F)F.c1cc2c(ncc3nncn32)[nH]1. The number of hydrogen-bond donors (Lipinski definition) is 2. The van der Waals surface area contributed by atoms with Gasteiger partial charge in [-0.3, -0.25) is 9.20 Å². The summed E-state index contributed by atoms with van der Waals surface area (Å²) in [7, 11) is 0. The van der Waals surface area contributed by atoms with Crippen molar-refractivity contribution in [2.24, 2.45) is 0 Å². The van der Waals surface area contributed by atoms with Crippen LogP contribution in [0.1, 0.15) is 15.9 Å². The van der Waals surface area contributed by atoms with Gasteiger partial charge in [0.05, 0.1) is 11.7 Å². The number of aldehydes is 1. The fourth-order valence-electron chi connectivity index (χ4n) is 2.01. The Kier molecular flexibility index (Phi) is 6.42. The maximum Gasteiger partial charge on any atom is 0.490 e. The Hall–Kier alpha value is -3.76. The third-order valence-electron chi connectivity index (χ3n) is 3.40. The summed E-state index contributed by atoms with van der Waals surface area (Å²) in [4.78, 5) is 26.3. The molecule has 0 saturated carbocycles. The van der Waals surface area contributed by atoms with Gasteiger partial charge in [0.2, 0.25) is 0 Å². The first-order valence-electron chi connectivity index (χ1n) is 7.66. The molecule has 0 saturated heterocycles. The minimum atomic E-state index is -5.08. The van der Waals surface area contributed by atoms with Gasteiger partial charge >= 0.3 is 12.1 Å². The zero-order chi connectivity index (χ0) is 20.7. The van der Waals surface area contributed by atoms with Crippen LogP contribution in [0.4, 0.5) is 13.2 Å². The van der Waals surface area contributed by atoms with E-state index in [0.717, 1.165) is 34.2 Å². The Balaban J connectivity index is 0.000000158.